The molecule has 1 fully saturated rings. The van der Waals surface area contributed by atoms with Gasteiger partial charge in [-0.05, 0) is 19.1 Å². The minimum Gasteiger partial charge on any atom is -0.305 e. The third-order valence-corrected chi connectivity index (χ3v) is 2.52. The van der Waals surface area contributed by atoms with Crippen molar-refractivity contribution in [1.29, 1.82) is 0 Å². The molecule has 0 saturated carbocycles. The molecule has 1 aliphatic rings. The average Bonchev–Trinajstić information content (AvgIpc) is 1.96. The predicted octanol–water partition coefficient (Wildman–Crippen LogP) is -1.03. The Hall–Kier alpha value is -0.350. The molecule has 0 aromatic rings. The Kier molecular flexibility index (Phi) is 2.67. The van der Waals surface area contributed by atoms with E-state index in [4.69, 9.17) is 12.2 Å². The second kappa shape index (κ2) is 3.36. The third kappa shape index (κ3) is 1.81. The number of hydrogen-bond donors (Lipinski definition) is 1. The smallest absolute Gasteiger partial charge is 0.179 e. The van der Waals surface area contributed by atoms with Crippen LogP contribution < -0.4 is 4.90 Å². The Morgan fingerprint density at radius 1 is 1.55 bits per heavy atom. The zero-order valence-corrected chi connectivity index (χ0v) is 8.24. The number of hydrogen-bond acceptors (Lipinski definition) is 1. The fourth-order valence-corrected chi connectivity index (χ4v) is 1.66. The lowest BCUT2D eigenvalue weighted by atomic mass is 10.5. The van der Waals surface area contributed by atoms with Crippen LogP contribution in [0.2, 0.25) is 0 Å². The van der Waals surface area contributed by atoms with Crippen LogP contribution in [0.3, 0.4) is 0 Å². The van der Waals surface area contributed by atoms with Crippen molar-refractivity contribution in [3.8, 4) is 0 Å². The summed E-state index contributed by atoms with van der Waals surface area (Å²) in [5.41, 5.74) is 0. The van der Waals surface area contributed by atoms with Gasteiger partial charge >= 0.3 is 0 Å². The second-order valence-electron chi connectivity index (χ2n) is 3.11. The first kappa shape index (κ1) is 8.74. The molecule has 0 aliphatic carbocycles. The number of nitrogens with one attached hydrogen (secondary N) is 1. The first-order chi connectivity index (χ1) is 5.15. The van der Waals surface area contributed by atoms with Gasteiger partial charge in [-0.2, -0.15) is 0 Å². The Balaban J connectivity index is 2.59. The molecule has 1 N–H and O–H groups in total. The van der Waals surface area contributed by atoms with Crippen LogP contribution in [-0.2, 0) is 0 Å². The van der Waals surface area contributed by atoms with Crippen molar-refractivity contribution >= 4 is 17.3 Å². The second-order valence-corrected chi connectivity index (χ2v) is 3.48. The van der Waals surface area contributed by atoms with Crippen LogP contribution in [0.15, 0.2) is 0 Å². The summed E-state index contributed by atoms with van der Waals surface area (Å²) in [4.78, 5) is 5.83. The van der Waals surface area contributed by atoms with Crippen molar-refractivity contribution in [3.63, 3.8) is 0 Å². The van der Waals surface area contributed by atoms with E-state index in [0.29, 0.717) is 0 Å². The summed E-state index contributed by atoms with van der Waals surface area (Å²) in [5.74, 6) is 0. The van der Waals surface area contributed by atoms with E-state index in [1.54, 1.807) is 0 Å². The number of quaternary nitrogens is 1. The molecule has 0 aromatic carbocycles. The first-order valence-corrected chi connectivity index (χ1v) is 4.37. The van der Waals surface area contributed by atoms with Gasteiger partial charge in [0, 0.05) is 13.6 Å². The average molecular weight is 174 g/mol. The van der Waals surface area contributed by atoms with E-state index in [9.17, 15) is 0 Å². The van der Waals surface area contributed by atoms with Crippen molar-refractivity contribution in [3.05, 3.63) is 0 Å². The molecule has 1 rings (SSSR count). The topological polar surface area (TPSA) is 10.9 Å². The maximum Gasteiger partial charge on any atom is 0.179 e. The zero-order chi connectivity index (χ0) is 8.43. The molecule has 0 aromatic heterocycles. The van der Waals surface area contributed by atoms with Crippen LogP contribution in [0.25, 0.3) is 0 Å². The van der Waals surface area contributed by atoms with Crippen LogP contribution in [0.5, 0.6) is 0 Å². The fraction of sp³-hybridized carbons (Fsp3) is 0.857. The summed E-state index contributed by atoms with van der Waals surface area (Å²) in [6.45, 7) is 5.22. The van der Waals surface area contributed by atoms with Gasteiger partial charge in [0.1, 0.15) is 0 Å². The van der Waals surface area contributed by atoms with E-state index in [1.165, 1.54) is 4.90 Å². The Morgan fingerprint density at radius 2 is 2.18 bits per heavy atom. The van der Waals surface area contributed by atoms with Crippen LogP contribution >= 0.6 is 12.2 Å². The van der Waals surface area contributed by atoms with E-state index in [1.807, 2.05) is 7.05 Å². The van der Waals surface area contributed by atoms with Crippen molar-refractivity contribution in [2.45, 2.75) is 6.92 Å². The molecule has 64 valence electrons. The summed E-state index contributed by atoms with van der Waals surface area (Å²) >= 11 is 5.24. The summed E-state index contributed by atoms with van der Waals surface area (Å²) in [6, 6.07) is 0. The third-order valence-electron chi connectivity index (χ3n) is 1.95. The lowest BCUT2D eigenvalue weighted by Gasteiger charge is -2.37. The Morgan fingerprint density at radius 3 is 2.73 bits per heavy atom. The first-order valence-electron chi connectivity index (χ1n) is 3.96. The van der Waals surface area contributed by atoms with Crippen molar-refractivity contribution in [2.75, 3.05) is 34.0 Å². The van der Waals surface area contributed by atoms with E-state index >= 15 is 0 Å². The molecule has 1 aliphatic heterocycles. The quantitative estimate of drug-likeness (QED) is 0.510. The molecule has 11 heavy (non-hydrogen) atoms. The zero-order valence-electron chi connectivity index (χ0n) is 7.42. The van der Waals surface area contributed by atoms with Gasteiger partial charge in [-0.1, -0.05) is 0 Å². The molecule has 0 amide bonds. The van der Waals surface area contributed by atoms with Gasteiger partial charge < -0.3 is 14.7 Å². The van der Waals surface area contributed by atoms with Gasteiger partial charge in [0.05, 0.1) is 7.05 Å². The highest BCUT2D eigenvalue weighted by atomic mass is 32.1. The molecule has 0 spiro atoms. The highest BCUT2D eigenvalue weighted by molar-refractivity contribution is 7.80. The van der Waals surface area contributed by atoms with E-state index in [0.717, 1.165) is 25.0 Å². The molecular weight excluding hydrogens is 158 g/mol. The number of thiocarbonyl (C=S) groups is 1. The van der Waals surface area contributed by atoms with Crippen molar-refractivity contribution in [2.24, 2.45) is 0 Å². The SMILES string of the molecule is CCN1C[NH+](C)CN(C)C1=S. The molecule has 1 unspecified atom stereocenters. The maximum atomic E-state index is 5.24. The van der Waals surface area contributed by atoms with Crippen LogP contribution in [0, 0.1) is 0 Å². The van der Waals surface area contributed by atoms with Crippen LogP contribution in [-0.4, -0.2) is 48.9 Å². The Labute approximate surface area is 73.6 Å². The molecule has 1 atom stereocenters. The van der Waals surface area contributed by atoms with Gasteiger partial charge in [0.25, 0.3) is 0 Å². The van der Waals surface area contributed by atoms with Gasteiger partial charge in [-0.15, -0.1) is 0 Å². The van der Waals surface area contributed by atoms with Gasteiger partial charge in [0.2, 0.25) is 0 Å². The van der Waals surface area contributed by atoms with Crippen molar-refractivity contribution < 1.29 is 4.90 Å². The predicted molar refractivity (Wildman–Crippen MR) is 49.4 cm³/mol. The minimum absolute atomic E-state index is 0.984. The maximum absolute atomic E-state index is 5.24. The lowest BCUT2D eigenvalue weighted by Crippen LogP contribution is -3.14. The van der Waals surface area contributed by atoms with Crippen molar-refractivity contribution in [1.82, 2.24) is 9.80 Å². The summed E-state index contributed by atoms with van der Waals surface area (Å²) < 4.78 is 0. The Bertz CT molecular complexity index is 160. The van der Waals surface area contributed by atoms with Gasteiger partial charge in [0.15, 0.2) is 18.4 Å². The summed E-state index contributed by atoms with van der Waals surface area (Å²) in [5, 5.41) is 0.984. The number of rotatable bonds is 1. The minimum atomic E-state index is 0.984. The molecule has 0 bridgehead atoms. The molecule has 4 heteroatoms. The molecule has 0 radical (unpaired) electrons. The van der Waals surface area contributed by atoms with E-state index < -0.39 is 0 Å². The van der Waals surface area contributed by atoms with E-state index in [-0.39, 0.29) is 0 Å². The largest absolute Gasteiger partial charge is 0.305 e. The van der Waals surface area contributed by atoms with E-state index in [2.05, 4.69) is 23.8 Å². The van der Waals surface area contributed by atoms with Gasteiger partial charge in [-0.3, -0.25) is 0 Å². The standard InChI is InChI=1S/C7H15N3S/c1-4-10-6-8(2)5-9(3)7(10)11/h4-6H2,1-3H3/p+1. The summed E-state index contributed by atoms with van der Waals surface area (Å²) in [7, 11) is 4.23. The van der Waals surface area contributed by atoms with Gasteiger partial charge in [-0.25, -0.2) is 0 Å². The normalized spacial score (nSPS) is 26.1. The fourth-order valence-electron chi connectivity index (χ4n) is 1.40. The summed E-state index contributed by atoms with van der Waals surface area (Å²) in [6.07, 6.45) is 0. The molecule has 3 nitrogen and oxygen atoms in total. The van der Waals surface area contributed by atoms with Crippen LogP contribution in [0.4, 0.5) is 0 Å². The van der Waals surface area contributed by atoms with Crippen LogP contribution in [0.1, 0.15) is 6.92 Å². The molecular formula is C7H16N3S+. The highest BCUT2D eigenvalue weighted by Gasteiger charge is 2.23. The monoisotopic (exact) mass is 174 g/mol. The number of nitrogens with zero attached hydrogens (tertiary/aromatic N) is 2. The highest BCUT2D eigenvalue weighted by Crippen LogP contribution is 1.96. The molecule has 1 heterocycles. The molecule has 1 saturated heterocycles. The lowest BCUT2D eigenvalue weighted by molar-refractivity contribution is -0.902.